The van der Waals surface area contributed by atoms with Crippen molar-refractivity contribution in [1.82, 2.24) is 10.3 Å². The molecule has 0 fully saturated rings. The third-order valence-electron chi connectivity index (χ3n) is 3.23. The summed E-state index contributed by atoms with van der Waals surface area (Å²) in [5.74, 6) is -0.184. The minimum absolute atomic E-state index is 0.109. The summed E-state index contributed by atoms with van der Waals surface area (Å²) in [6, 6.07) is 3.66. The lowest BCUT2D eigenvalue weighted by atomic mass is 9.90. The van der Waals surface area contributed by atoms with E-state index in [0.29, 0.717) is 23.5 Å². The summed E-state index contributed by atoms with van der Waals surface area (Å²) in [4.78, 5) is 17.7. The summed E-state index contributed by atoms with van der Waals surface area (Å²) in [7, 11) is 0. The lowest BCUT2D eigenvalue weighted by molar-refractivity contribution is 0.0933. The fourth-order valence-electron chi connectivity index (χ4n) is 1.91. The monoisotopic (exact) mass is 293 g/mol. The van der Waals surface area contributed by atoms with Crippen molar-refractivity contribution in [1.29, 1.82) is 0 Å². The number of aliphatic hydroxyl groups excluding tert-OH is 1. The standard InChI is InChI=1S/C14H19N3O2S/c1-14(2,5-7-18)8-17-12(19)11-10(15)9-4-3-6-16-13(9)20-11/h3-4,6,18H,5,7-8,15H2,1-2H3,(H,17,19). The quantitative estimate of drug-likeness (QED) is 0.787. The number of nitrogens with zero attached hydrogens (tertiary/aromatic N) is 1. The Hall–Kier alpha value is -1.66. The van der Waals surface area contributed by atoms with Gasteiger partial charge in [0.05, 0.1) is 5.69 Å². The smallest absolute Gasteiger partial charge is 0.263 e. The van der Waals surface area contributed by atoms with E-state index in [-0.39, 0.29) is 17.9 Å². The van der Waals surface area contributed by atoms with Crippen molar-refractivity contribution in [2.75, 3.05) is 18.9 Å². The van der Waals surface area contributed by atoms with E-state index in [9.17, 15) is 4.79 Å². The Morgan fingerprint density at radius 1 is 1.55 bits per heavy atom. The van der Waals surface area contributed by atoms with E-state index in [4.69, 9.17) is 10.8 Å². The highest BCUT2D eigenvalue weighted by Gasteiger charge is 2.21. The van der Waals surface area contributed by atoms with Crippen LogP contribution in [0.2, 0.25) is 0 Å². The number of aromatic nitrogens is 1. The molecule has 2 aromatic rings. The van der Waals surface area contributed by atoms with Crippen molar-refractivity contribution in [3.8, 4) is 0 Å². The Morgan fingerprint density at radius 2 is 2.30 bits per heavy atom. The molecule has 0 spiro atoms. The second-order valence-corrected chi connectivity index (χ2v) is 6.52. The lowest BCUT2D eigenvalue weighted by Gasteiger charge is -2.23. The van der Waals surface area contributed by atoms with Gasteiger partial charge in [-0.05, 0) is 24.0 Å². The molecule has 0 aliphatic carbocycles. The molecule has 2 rings (SSSR count). The zero-order chi connectivity index (χ0) is 14.8. The van der Waals surface area contributed by atoms with Crippen LogP contribution in [0.3, 0.4) is 0 Å². The number of aliphatic hydroxyl groups is 1. The maximum Gasteiger partial charge on any atom is 0.263 e. The minimum atomic E-state index is -0.184. The normalized spacial score (nSPS) is 11.8. The number of carbonyl (C=O) groups excluding carboxylic acids is 1. The van der Waals surface area contributed by atoms with Gasteiger partial charge < -0.3 is 16.2 Å². The van der Waals surface area contributed by atoms with Crippen LogP contribution in [0.1, 0.15) is 29.9 Å². The van der Waals surface area contributed by atoms with Gasteiger partial charge in [-0.1, -0.05) is 13.8 Å². The van der Waals surface area contributed by atoms with Crippen LogP contribution in [-0.4, -0.2) is 29.1 Å². The summed E-state index contributed by atoms with van der Waals surface area (Å²) in [5, 5.41) is 12.7. The topological polar surface area (TPSA) is 88.2 Å². The summed E-state index contributed by atoms with van der Waals surface area (Å²) < 4.78 is 0. The number of rotatable bonds is 5. The number of pyridine rings is 1. The number of anilines is 1. The average Bonchev–Trinajstić information content (AvgIpc) is 2.74. The molecule has 0 bridgehead atoms. The van der Waals surface area contributed by atoms with Crippen molar-refractivity contribution in [3.63, 3.8) is 0 Å². The number of nitrogens with one attached hydrogen (secondary N) is 1. The van der Waals surface area contributed by atoms with Gasteiger partial charge in [-0.2, -0.15) is 0 Å². The third-order valence-corrected chi connectivity index (χ3v) is 4.36. The van der Waals surface area contributed by atoms with Gasteiger partial charge in [0.15, 0.2) is 0 Å². The molecule has 2 heterocycles. The highest BCUT2D eigenvalue weighted by atomic mass is 32.1. The maximum atomic E-state index is 12.2. The Kier molecular flexibility index (Phi) is 4.25. The Labute approximate surface area is 121 Å². The summed E-state index contributed by atoms with van der Waals surface area (Å²) in [6.07, 6.45) is 2.32. The van der Waals surface area contributed by atoms with Crippen molar-refractivity contribution in [2.45, 2.75) is 20.3 Å². The molecule has 0 saturated carbocycles. The molecular weight excluding hydrogens is 274 g/mol. The van der Waals surface area contributed by atoms with Gasteiger partial charge in [-0.25, -0.2) is 4.98 Å². The van der Waals surface area contributed by atoms with Crippen molar-refractivity contribution >= 4 is 33.1 Å². The predicted molar refractivity (Wildman–Crippen MR) is 81.8 cm³/mol. The lowest BCUT2D eigenvalue weighted by Crippen LogP contribution is -2.34. The van der Waals surface area contributed by atoms with E-state index in [1.165, 1.54) is 11.3 Å². The first kappa shape index (κ1) is 14.7. The Bertz CT molecular complexity index is 622. The Balaban J connectivity index is 2.14. The molecule has 108 valence electrons. The van der Waals surface area contributed by atoms with Crippen LogP contribution in [0.25, 0.3) is 10.2 Å². The van der Waals surface area contributed by atoms with Crippen molar-refractivity contribution in [3.05, 3.63) is 23.2 Å². The van der Waals surface area contributed by atoms with Crippen LogP contribution < -0.4 is 11.1 Å². The molecule has 0 unspecified atom stereocenters. The minimum Gasteiger partial charge on any atom is -0.397 e. The number of hydrogen-bond acceptors (Lipinski definition) is 5. The van der Waals surface area contributed by atoms with E-state index in [2.05, 4.69) is 10.3 Å². The second kappa shape index (κ2) is 5.76. The number of carbonyl (C=O) groups is 1. The van der Waals surface area contributed by atoms with E-state index >= 15 is 0 Å². The van der Waals surface area contributed by atoms with Crippen LogP contribution in [0, 0.1) is 5.41 Å². The summed E-state index contributed by atoms with van der Waals surface area (Å²) >= 11 is 1.30. The number of amides is 1. The molecular formula is C14H19N3O2S. The zero-order valence-electron chi connectivity index (χ0n) is 11.6. The van der Waals surface area contributed by atoms with Crippen LogP contribution in [0.5, 0.6) is 0 Å². The van der Waals surface area contributed by atoms with Crippen LogP contribution in [-0.2, 0) is 0 Å². The van der Waals surface area contributed by atoms with Gasteiger partial charge >= 0.3 is 0 Å². The molecule has 4 N–H and O–H groups in total. The maximum absolute atomic E-state index is 12.2. The first-order valence-electron chi connectivity index (χ1n) is 6.47. The van der Waals surface area contributed by atoms with Crippen molar-refractivity contribution in [2.24, 2.45) is 5.41 Å². The SMILES string of the molecule is CC(C)(CCO)CNC(=O)c1sc2ncccc2c1N. The number of thiophene rings is 1. The molecule has 6 heteroatoms. The molecule has 0 atom stereocenters. The first-order chi connectivity index (χ1) is 9.44. The molecule has 0 radical (unpaired) electrons. The van der Waals surface area contributed by atoms with Gasteiger partial charge in [-0.3, -0.25) is 4.79 Å². The van der Waals surface area contributed by atoms with Crippen LogP contribution >= 0.6 is 11.3 Å². The number of nitrogens with two attached hydrogens (primary N) is 1. The predicted octanol–water partition coefficient (Wildman–Crippen LogP) is 2.02. The largest absolute Gasteiger partial charge is 0.397 e. The highest BCUT2D eigenvalue weighted by Crippen LogP contribution is 2.32. The van der Waals surface area contributed by atoms with Gasteiger partial charge in [0.2, 0.25) is 0 Å². The van der Waals surface area contributed by atoms with Gasteiger partial charge in [0, 0.05) is 24.7 Å². The van der Waals surface area contributed by atoms with Crippen LogP contribution in [0.15, 0.2) is 18.3 Å². The number of fused-ring (bicyclic) bond motifs is 1. The van der Waals surface area contributed by atoms with Gasteiger partial charge in [0.1, 0.15) is 9.71 Å². The third kappa shape index (κ3) is 3.08. The Morgan fingerprint density at radius 3 is 2.95 bits per heavy atom. The molecule has 0 aliphatic rings. The van der Waals surface area contributed by atoms with Crippen molar-refractivity contribution < 1.29 is 9.90 Å². The van der Waals surface area contributed by atoms with E-state index in [1.807, 2.05) is 19.9 Å². The average molecular weight is 293 g/mol. The molecule has 0 aliphatic heterocycles. The molecule has 1 amide bonds. The summed E-state index contributed by atoms with van der Waals surface area (Å²) in [6.45, 7) is 4.60. The fourth-order valence-corrected chi connectivity index (χ4v) is 2.89. The summed E-state index contributed by atoms with van der Waals surface area (Å²) in [5.41, 5.74) is 6.34. The number of hydrogen-bond donors (Lipinski definition) is 3. The van der Waals surface area contributed by atoms with E-state index < -0.39 is 0 Å². The molecule has 5 nitrogen and oxygen atoms in total. The van der Waals surface area contributed by atoms with E-state index in [0.717, 1.165) is 10.2 Å². The van der Waals surface area contributed by atoms with Crippen LogP contribution in [0.4, 0.5) is 5.69 Å². The molecule has 2 aromatic heterocycles. The molecule has 20 heavy (non-hydrogen) atoms. The zero-order valence-corrected chi connectivity index (χ0v) is 12.5. The highest BCUT2D eigenvalue weighted by molar-refractivity contribution is 7.21. The molecule has 0 saturated heterocycles. The molecule has 0 aromatic carbocycles. The number of nitrogen functional groups attached to an aromatic ring is 1. The first-order valence-corrected chi connectivity index (χ1v) is 7.28. The fraction of sp³-hybridized carbons (Fsp3) is 0.429. The van der Waals surface area contributed by atoms with Gasteiger partial charge in [0.25, 0.3) is 5.91 Å². The second-order valence-electron chi connectivity index (χ2n) is 5.52. The van der Waals surface area contributed by atoms with Gasteiger partial charge in [-0.15, -0.1) is 11.3 Å². The van der Waals surface area contributed by atoms with E-state index in [1.54, 1.807) is 12.3 Å².